The van der Waals surface area contributed by atoms with Crippen molar-refractivity contribution in [2.45, 2.75) is 51.7 Å². The lowest BCUT2D eigenvalue weighted by molar-refractivity contribution is -0.141. The summed E-state index contributed by atoms with van der Waals surface area (Å²) in [4.78, 5) is 28.9. The largest absolute Gasteiger partial charge is 0.352 e. The minimum absolute atomic E-state index is 0.0189. The number of rotatable bonds is 10. The number of hydrogen-bond donors (Lipinski definition) is 1. The van der Waals surface area contributed by atoms with E-state index in [1.807, 2.05) is 62.4 Å². The fourth-order valence-corrected chi connectivity index (χ4v) is 4.44. The van der Waals surface area contributed by atoms with Crippen LogP contribution >= 0.6 is 34.8 Å². The molecule has 3 rings (SSSR count). The number of halogens is 3. The van der Waals surface area contributed by atoms with Crippen molar-refractivity contribution in [2.75, 3.05) is 0 Å². The van der Waals surface area contributed by atoms with Gasteiger partial charge in [0.1, 0.15) is 6.04 Å². The van der Waals surface area contributed by atoms with E-state index in [4.69, 9.17) is 34.8 Å². The Morgan fingerprint density at radius 3 is 2.23 bits per heavy atom. The minimum Gasteiger partial charge on any atom is -0.352 e. The lowest BCUT2D eigenvalue weighted by atomic mass is 10.0. The van der Waals surface area contributed by atoms with Crippen molar-refractivity contribution in [3.8, 4) is 0 Å². The molecule has 2 amide bonds. The van der Waals surface area contributed by atoms with Crippen LogP contribution in [0.2, 0.25) is 15.1 Å². The van der Waals surface area contributed by atoms with Crippen molar-refractivity contribution in [3.63, 3.8) is 0 Å². The molecule has 0 unspecified atom stereocenters. The zero-order valence-corrected chi connectivity index (χ0v) is 22.1. The highest BCUT2D eigenvalue weighted by molar-refractivity contribution is 6.35. The Morgan fingerprint density at radius 2 is 1.57 bits per heavy atom. The predicted molar refractivity (Wildman–Crippen MR) is 144 cm³/mol. The summed E-state index contributed by atoms with van der Waals surface area (Å²) in [6.07, 6.45) is 1.20. The average Bonchev–Trinajstić information content (AvgIpc) is 2.83. The Balaban J connectivity index is 1.99. The molecule has 0 spiro atoms. The third-order valence-electron chi connectivity index (χ3n) is 5.87. The second-order valence-corrected chi connectivity index (χ2v) is 9.87. The van der Waals surface area contributed by atoms with Crippen LogP contribution in [0.5, 0.6) is 0 Å². The predicted octanol–water partition coefficient (Wildman–Crippen LogP) is 6.74. The van der Waals surface area contributed by atoms with Gasteiger partial charge in [0.15, 0.2) is 0 Å². The molecule has 0 aliphatic carbocycles. The van der Waals surface area contributed by atoms with Gasteiger partial charge in [0.2, 0.25) is 11.8 Å². The molecule has 184 valence electrons. The number of nitrogens with zero attached hydrogens (tertiary/aromatic N) is 1. The van der Waals surface area contributed by atoms with Crippen LogP contribution < -0.4 is 5.32 Å². The monoisotopic (exact) mass is 530 g/mol. The molecule has 0 aliphatic rings. The average molecular weight is 532 g/mol. The van der Waals surface area contributed by atoms with Crippen molar-refractivity contribution in [2.24, 2.45) is 0 Å². The molecule has 0 aromatic heterocycles. The van der Waals surface area contributed by atoms with E-state index in [-0.39, 0.29) is 30.8 Å². The number of carbonyl (C=O) groups excluding carboxylic acids is 2. The van der Waals surface area contributed by atoms with Crippen molar-refractivity contribution < 1.29 is 9.59 Å². The maximum Gasteiger partial charge on any atom is 0.243 e. The molecule has 3 aromatic carbocycles. The van der Waals surface area contributed by atoms with Crippen LogP contribution in [-0.2, 0) is 29.0 Å². The van der Waals surface area contributed by atoms with E-state index in [0.717, 1.165) is 17.5 Å². The molecule has 7 heteroatoms. The Hall–Kier alpha value is -2.53. The maximum absolute atomic E-state index is 13.8. The number of hydrogen-bond acceptors (Lipinski definition) is 2. The Bertz CT molecular complexity index is 1150. The summed E-state index contributed by atoms with van der Waals surface area (Å²) < 4.78 is 0. The molecule has 0 fully saturated rings. The lowest BCUT2D eigenvalue weighted by Gasteiger charge is -2.32. The summed E-state index contributed by atoms with van der Waals surface area (Å²) in [6, 6.07) is 21.3. The van der Waals surface area contributed by atoms with Crippen LogP contribution in [0.3, 0.4) is 0 Å². The van der Waals surface area contributed by atoms with Crippen LogP contribution in [0.4, 0.5) is 0 Å². The Morgan fingerprint density at radius 1 is 0.886 bits per heavy atom. The Labute approximate surface area is 222 Å². The second kappa shape index (κ2) is 13.0. The van der Waals surface area contributed by atoms with E-state index >= 15 is 0 Å². The third-order valence-corrected chi connectivity index (χ3v) is 6.69. The number of nitrogens with one attached hydrogen (secondary N) is 1. The molecule has 0 aliphatic heterocycles. The first-order valence-electron chi connectivity index (χ1n) is 11.6. The first-order chi connectivity index (χ1) is 16.8. The number of amides is 2. The molecule has 35 heavy (non-hydrogen) atoms. The number of carbonyl (C=O) groups is 2. The molecule has 0 radical (unpaired) electrons. The summed E-state index contributed by atoms with van der Waals surface area (Å²) in [5.74, 6) is -0.407. The van der Waals surface area contributed by atoms with E-state index in [0.29, 0.717) is 27.1 Å². The SMILES string of the molecule is CC[C@H](C)NC(=O)[C@H](Cc1ccccc1)N(Cc1cccc(Cl)c1)C(=O)Cc1ccc(Cl)cc1Cl. The highest BCUT2D eigenvalue weighted by atomic mass is 35.5. The van der Waals surface area contributed by atoms with Crippen LogP contribution in [0.1, 0.15) is 37.0 Å². The van der Waals surface area contributed by atoms with Gasteiger partial charge in [0, 0.05) is 34.1 Å². The zero-order chi connectivity index (χ0) is 25.4. The van der Waals surface area contributed by atoms with E-state index in [1.54, 1.807) is 29.2 Å². The summed E-state index contributed by atoms with van der Waals surface area (Å²) in [5.41, 5.74) is 2.45. The summed E-state index contributed by atoms with van der Waals surface area (Å²) in [7, 11) is 0. The van der Waals surface area contributed by atoms with Crippen molar-refractivity contribution in [3.05, 3.63) is 105 Å². The van der Waals surface area contributed by atoms with Gasteiger partial charge in [-0.15, -0.1) is 0 Å². The van der Waals surface area contributed by atoms with Gasteiger partial charge in [0.25, 0.3) is 0 Å². The molecule has 0 saturated heterocycles. The molecule has 4 nitrogen and oxygen atoms in total. The number of benzene rings is 3. The second-order valence-electron chi connectivity index (χ2n) is 8.59. The smallest absolute Gasteiger partial charge is 0.243 e. The minimum atomic E-state index is -0.719. The normalized spacial score (nSPS) is 12.6. The van der Waals surface area contributed by atoms with Gasteiger partial charge in [-0.3, -0.25) is 9.59 Å². The van der Waals surface area contributed by atoms with Gasteiger partial charge in [-0.05, 0) is 54.3 Å². The molecule has 0 bridgehead atoms. The fourth-order valence-electron chi connectivity index (χ4n) is 3.76. The Kier molecular flexibility index (Phi) is 10.0. The molecule has 1 N–H and O–H groups in total. The summed E-state index contributed by atoms with van der Waals surface area (Å²) in [5, 5.41) is 4.54. The van der Waals surface area contributed by atoms with Crippen LogP contribution in [0.15, 0.2) is 72.8 Å². The van der Waals surface area contributed by atoms with Gasteiger partial charge >= 0.3 is 0 Å². The third kappa shape index (κ3) is 7.99. The fraction of sp³-hybridized carbons (Fsp3) is 0.286. The van der Waals surface area contributed by atoms with E-state index in [9.17, 15) is 9.59 Å². The van der Waals surface area contributed by atoms with Crippen molar-refractivity contribution in [1.29, 1.82) is 0 Å². The molecular formula is C28H29Cl3N2O2. The molecule has 0 heterocycles. The molecule has 2 atom stereocenters. The van der Waals surface area contributed by atoms with Gasteiger partial charge in [0.05, 0.1) is 6.42 Å². The quantitative estimate of drug-likeness (QED) is 0.315. The topological polar surface area (TPSA) is 49.4 Å². The van der Waals surface area contributed by atoms with Crippen LogP contribution in [0, 0.1) is 0 Å². The van der Waals surface area contributed by atoms with Gasteiger partial charge in [-0.25, -0.2) is 0 Å². The van der Waals surface area contributed by atoms with Gasteiger partial charge in [-0.1, -0.05) is 90.3 Å². The lowest BCUT2D eigenvalue weighted by Crippen LogP contribution is -2.52. The highest BCUT2D eigenvalue weighted by Gasteiger charge is 2.31. The highest BCUT2D eigenvalue weighted by Crippen LogP contribution is 2.24. The molecule has 0 saturated carbocycles. The maximum atomic E-state index is 13.8. The van der Waals surface area contributed by atoms with Gasteiger partial charge in [-0.2, -0.15) is 0 Å². The molecular weight excluding hydrogens is 503 g/mol. The van der Waals surface area contributed by atoms with E-state index in [1.165, 1.54) is 0 Å². The van der Waals surface area contributed by atoms with Crippen LogP contribution in [-0.4, -0.2) is 28.8 Å². The van der Waals surface area contributed by atoms with Crippen LogP contribution in [0.25, 0.3) is 0 Å². The first kappa shape index (κ1) is 27.1. The summed E-state index contributed by atoms with van der Waals surface area (Å²) >= 11 is 18.6. The summed E-state index contributed by atoms with van der Waals surface area (Å²) in [6.45, 7) is 4.19. The zero-order valence-electron chi connectivity index (χ0n) is 19.8. The standard InChI is InChI=1S/C28H29Cl3N2O2/c1-3-19(2)32-28(35)26(15-20-8-5-4-6-9-20)33(18-21-10-7-11-23(29)14-21)27(34)16-22-12-13-24(30)17-25(22)31/h4-14,17,19,26H,3,15-16,18H2,1-2H3,(H,32,35)/t19-,26-/m0/s1. The van der Waals surface area contributed by atoms with Crippen molar-refractivity contribution >= 4 is 46.6 Å². The van der Waals surface area contributed by atoms with E-state index < -0.39 is 6.04 Å². The van der Waals surface area contributed by atoms with Gasteiger partial charge < -0.3 is 10.2 Å². The first-order valence-corrected chi connectivity index (χ1v) is 12.7. The van der Waals surface area contributed by atoms with E-state index in [2.05, 4.69) is 5.32 Å². The van der Waals surface area contributed by atoms with Crippen molar-refractivity contribution in [1.82, 2.24) is 10.2 Å². The molecule has 3 aromatic rings.